The fourth-order valence-corrected chi connectivity index (χ4v) is 3.26. The van der Waals surface area contributed by atoms with Crippen molar-refractivity contribution in [3.8, 4) is 5.75 Å². The van der Waals surface area contributed by atoms with Crippen molar-refractivity contribution in [3.05, 3.63) is 59.2 Å². The number of rotatable bonds is 7. The molecule has 0 atom stereocenters. The van der Waals surface area contributed by atoms with Gasteiger partial charge in [0.25, 0.3) is 0 Å². The van der Waals surface area contributed by atoms with E-state index in [1.807, 2.05) is 31.2 Å². The molecule has 0 heterocycles. The Morgan fingerprint density at radius 1 is 1.12 bits per heavy atom. The van der Waals surface area contributed by atoms with Gasteiger partial charge in [-0.15, -0.1) is 0 Å². The average molecular weight is 377 g/mol. The monoisotopic (exact) mass is 377 g/mol. The first-order valence-corrected chi connectivity index (χ1v) is 9.62. The van der Waals surface area contributed by atoms with Crippen LogP contribution in [-0.2, 0) is 21.4 Å². The molecule has 0 unspecified atom stereocenters. The molecule has 0 spiro atoms. The number of para-hydroxylation sites is 1. The van der Waals surface area contributed by atoms with Gasteiger partial charge in [-0.3, -0.25) is 0 Å². The van der Waals surface area contributed by atoms with Gasteiger partial charge in [-0.05, 0) is 37.6 Å². The molecule has 0 fully saturated rings. The molecule has 0 aliphatic rings. The Morgan fingerprint density at radius 2 is 1.81 bits per heavy atom. The van der Waals surface area contributed by atoms with Crippen LogP contribution >= 0.6 is 0 Å². The van der Waals surface area contributed by atoms with E-state index in [2.05, 4.69) is 0 Å². The lowest BCUT2D eigenvalue weighted by Crippen LogP contribution is -2.22. The van der Waals surface area contributed by atoms with Crippen molar-refractivity contribution < 1.29 is 22.7 Å². The summed E-state index contributed by atoms with van der Waals surface area (Å²) in [6.45, 7) is 4.16. The summed E-state index contributed by atoms with van der Waals surface area (Å²) in [5.41, 5.74) is 1.62. The summed E-state index contributed by atoms with van der Waals surface area (Å²) in [7, 11) is -0.741. The molecule has 2 aromatic rings. The highest BCUT2D eigenvalue weighted by atomic mass is 32.2. The van der Waals surface area contributed by atoms with Crippen molar-refractivity contribution in [2.45, 2.75) is 25.3 Å². The van der Waals surface area contributed by atoms with Crippen LogP contribution in [0.15, 0.2) is 47.4 Å². The zero-order chi connectivity index (χ0) is 19.3. The van der Waals surface area contributed by atoms with Gasteiger partial charge in [0.1, 0.15) is 12.4 Å². The van der Waals surface area contributed by atoms with Crippen LogP contribution in [-0.4, -0.2) is 39.4 Å². The maximum atomic E-state index is 12.5. The molecule has 7 heteroatoms. The number of hydrogen-bond donors (Lipinski definition) is 0. The summed E-state index contributed by atoms with van der Waals surface area (Å²) in [6, 6.07) is 11.7. The van der Waals surface area contributed by atoms with Crippen LogP contribution < -0.4 is 4.74 Å². The van der Waals surface area contributed by atoms with Gasteiger partial charge in [-0.25, -0.2) is 17.5 Å². The van der Waals surface area contributed by atoms with Gasteiger partial charge < -0.3 is 9.47 Å². The molecule has 0 aromatic heterocycles. The van der Waals surface area contributed by atoms with E-state index in [9.17, 15) is 13.2 Å². The third kappa shape index (κ3) is 4.42. The molecule has 2 aromatic carbocycles. The summed E-state index contributed by atoms with van der Waals surface area (Å²) in [4.78, 5) is 12.5. The van der Waals surface area contributed by atoms with Crippen LogP contribution in [0.5, 0.6) is 5.75 Å². The maximum Gasteiger partial charge on any atom is 0.338 e. The molecule has 6 nitrogen and oxygen atoms in total. The molecule has 26 heavy (non-hydrogen) atoms. The average Bonchev–Trinajstić information content (AvgIpc) is 2.61. The third-order valence-corrected chi connectivity index (χ3v) is 5.65. The third-order valence-electron chi connectivity index (χ3n) is 3.84. The van der Waals surface area contributed by atoms with E-state index in [4.69, 9.17) is 9.47 Å². The van der Waals surface area contributed by atoms with E-state index < -0.39 is 16.0 Å². The number of benzene rings is 2. The Labute approximate surface area is 154 Å². The molecular weight excluding hydrogens is 354 g/mol. The van der Waals surface area contributed by atoms with Crippen molar-refractivity contribution in [2.24, 2.45) is 0 Å². The molecule has 0 amide bonds. The van der Waals surface area contributed by atoms with Gasteiger partial charge in [-0.2, -0.15) is 0 Å². The van der Waals surface area contributed by atoms with Gasteiger partial charge in [-0.1, -0.05) is 24.3 Å². The highest BCUT2D eigenvalue weighted by Gasteiger charge is 2.21. The lowest BCUT2D eigenvalue weighted by Gasteiger charge is -2.14. The SMILES string of the molecule is CCOc1ccccc1COC(=O)c1cc(S(=O)(=O)N(C)C)ccc1C. The highest BCUT2D eigenvalue weighted by molar-refractivity contribution is 7.89. The minimum atomic E-state index is -3.63. The number of aryl methyl sites for hydroxylation is 1. The van der Waals surface area contributed by atoms with Crippen molar-refractivity contribution in [1.82, 2.24) is 4.31 Å². The summed E-state index contributed by atoms with van der Waals surface area (Å²) >= 11 is 0. The number of sulfonamides is 1. The Bertz CT molecular complexity index is 891. The van der Waals surface area contributed by atoms with Gasteiger partial charge in [0, 0.05) is 19.7 Å². The van der Waals surface area contributed by atoms with Crippen molar-refractivity contribution in [3.63, 3.8) is 0 Å². The number of carbonyl (C=O) groups excluding carboxylic acids is 1. The molecular formula is C19H23NO5S. The molecule has 0 aliphatic heterocycles. The Hall–Kier alpha value is -2.38. The lowest BCUT2D eigenvalue weighted by atomic mass is 10.1. The Morgan fingerprint density at radius 3 is 2.46 bits per heavy atom. The van der Waals surface area contributed by atoms with E-state index in [0.29, 0.717) is 17.9 Å². The number of nitrogens with zero attached hydrogens (tertiary/aromatic N) is 1. The Balaban J connectivity index is 2.23. The number of carbonyl (C=O) groups is 1. The van der Waals surface area contributed by atoms with Crippen LogP contribution in [0.1, 0.15) is 28.4 Å². The first-order valence-electron chi connectivity index (χ1n) is 8.18. The van der Waals surface area contributed by atoms with Crippen LogP contribution in [0.4, 0.5) is 0 Å². The first-order chi connectivity index (χ1) is 12.3. The second-order valence-corrected chi connectivity index (χ2v) is 8.03. The van der Waals surface area contributed by atoms with E-state index in [0.717, 1.165) is 9.87 Å². The maximum absolute atomic E-state index is 12.5. The fraction of sp³-hybridized carbons (Fsp3) is 0.316. The fourth-order valence-electron chi connectivity index (χ4n) is 2.33. The molecule has 0 bridgehead atoms. The van der Waals surface area contributed by atoms with Crippen LogP contribution in [0.25, 0.3) is 0 Å². The minimum absolute atomic E-state index is 0.0408. The first kappa shape index (κ1) is 19.9. The number of esters is 1. The number of ether oxygens (including phenoxy) is 2. The molecule has 2 rings (SSSR count). The smallest absolute Gasteiger partial charge is 0.338 e. The molecule has 0 aliphatic carbocycles. The molecule has 0 saturated heterocycles. The van der Waals surface area contributed by atoms with Crippen molar-refractivity contribution in [2.75, 3.05) is 20.7 Å². The molecule has 0 saturated carbocycles. The normalized spacial score (nSPS) is 11.4. The quantitative estimate of drug-likeness (QED) is 0.694. The standard InChI is InChI=1S/C19H23NO5S/c1-5-24-18-9-7-6-8-15(18)13-25-19(21)17-12-16(11-10-14(17)2)26(22,23)20(3)4/h6-12H,5,13H2,1-4H3. The van der Waals surface area contributed by atoms with Gasteiger partial charge >= 0.3 is 5.97 Å². The minimum Gasteiger partial charge on any atom is -0.493 e. The molecule has 0 N–H and O–H groups in total. The zero-order valence-corrected chi connectivity index (χ0v) is 16.2. The van der Waals surface area contributed by atoms with Gasteiger partial charge in [0.05, 0.1) is 17.1 Å². The highest BCUT2D eigenvalue weighted by Crippen LogP contribution is 2.22. The Kier molecular flexibility index (Phi) is 6.39. The summed E-state index contributed by atoms with van der Waals surface area (Å²) in [5, 5.41) is 0. The van der Waals surface area contributed by atoms with Crippen LogP contribution in [0.2, 0.25) is 0 Å². The summed E-state index contributed by atoms with van der Waals surface area (Å²) in [6.07, 6.45) is 0. The van der Waals surface area contributed by atoms with Crippen molar-refractivity contribution in [1.29, 1.82) is 0 Å². The van der Waals surface area contributed by atoms with Crippen LogP contribution in [0.3, 0.4) is 0 Å². The second kappa shape index (κ2) is 8.33. The molecule has 140 valence electrons. The van der Waals surface area contributed by atoms with Gasteiger partial charge in [0.15, 0.2) is 0 Å². The zero-order valence-electron chi connectivity index (χ0n) is 15.4. The van der Waals surface area contributed by atoms with Crippen LogP contribution in [0, 0.1) is 6.92 Å². The summed E-state index contributed by atoms with van der Waals surface area (Å²) < 4.78 is 36.5. The van der Waals surface area contributed by atoms with E-state index in [1.165, 1.54) is 26.2 Å². The predicted octanol–water partition coefficient (Wildman–Crippen LogP) is 3.00. The topological polar surface area (TPSA) is 72.9 Å². The molecule has 0 radical (unpaired) electrons. The van der Waals surface area contributed by atoms with Crippen molar-refractivity contribution >= 4 is 16.0 Å². The van der Waals surface area contributed by atoms with Gasteiger partial charge in [0.2, 0.25) is 10.0 Å². The second-order valence-electron chi connectivity index (χ2n) is 5.88. The summed E-state index contributed by atoms with van der Waals surface area (Å²) in [5.74, 6) is 0.0769. The number of hydrogen-bond acceptors (Lipinski definition) is 5. The van der Waals surface area contributed by atoms with E-state index >= 15 is 0 Å². The lowest BCUT2D eigenvalue weighted by molar-refractivity contribution is 0.0468. The predicted molar refractivity (Wildman–Crippen MR) is 98.8 cm³/mol. The van der Waals surface area contributed by atoms with E-state index in [-0.39, 0.29) is 17.1 Å². The van der Waals surface area contributed by atoms with E-state index in [1.54, 1.807) is 13.0 Å². The largest absolute Gasteiger partial charge is 0.493 e.